The molecule has 0 bridgehead atoms. The molecule has 4 aromatic rings. The number of nitrogens with zero attached hydrogens (tertiary/aromatic N) is 2. The van der Waals surface area contributed by atoms with Crippen LogP contribution in [0.2, 0.25) is 0 Å². The van der Waals surface area contributed by atoms with Crippen molar-refractivity contribution >= 4 is 43.5 Å². The Morgan fingerprint density at radius 3 is 2.25 bits per heavy atom. The zero-order valence-corrected chi connectivity index (χ0v) is 21.4. The van der Waals surface area contributed by atoms with E-state index in [1.807, 2.05) is 60.0 Å². The van der Waals surface area contributed by atoms with E-state index in [0.29, 0.717) is 14.7 Å². The monoisotopic (exact) mass is 560 g/mol. The highest BCUT2D eigenvalue weighted by atomic mass is 127. The van der Waals surface area contributed by atoms with Crippen LogP contribution in [0.1, 0.15) is 36.1 Å². The summed E-state index contributed by atoms with van der Waals surface area (Å²) in [5.41, 5.74) is 3.29. The fourth-order valence-corrected chi connectivity index (χ4v) is 7.07. The highest BCUT2D eigenvalue weighted by molar-refractivity contribution is 14.1. The Morgan fingerprint density at radius 2 is 1.62 bits per heavy atom. The van der Waals surface area contributed by atoms with Gasteiger partial charge in [0.05, 0.1) is 9.45 Å². The molecule has 0 radical (unpaired) electrons. The van der Waals surface area contributed by atoms with Crippen LogP contribution >= 0.6 is 22.6 Å². The van der Waals surface area contributed by atoms with Crippen molar-refractivity contribution in [3.8, 4) is 0 Å². The van der Waals surface area contributed by atoms with Crippen molar-refractivity contribution in [2.45, 2.75) is 31.9 Å². The van der Waals surface area contributed by atoms with E-state index in [1.54, 1.807) is 19.2 Å². The lowest BCUT2D eigenvalue weighted by molar-refractivity contribution is 0.587. The van der Waals surface area contributed by atoms with Crippen molar-refractivity contribution in [2.24, 2.45) is 7.05 Å². The molecule has 2 aromatic heterocycles. The number of pyridine rings is 1. The number of benzene rings is 2. The predicted molar refractivity (Wildman–Crippen MR) is 138 cm³/mol. The number of halogens is 1. The molecule has 0 fully saturated rings. The highest BCUT2D eigenvalue weighted by Crippen LogP contribution is 2.37. The lowest BCUT2D eigenvalue weighted by Crippen LogP contribution is -2.27. The van der Waals surface area contributed by atoms with Gasteiger partial charge in [0.25, 0.3) is 5.56 Å². The van der Waals surface area contributed by atoms with Gasteiger partial charge in [-0.05, 0) is 52.3 Å². The normalized spacial score (nSPS) is 12.4. The maximum atomic E-state index is 13.4. The minimum Gasteiger partial charge on any atom is -0.316 e. The van der Waals surface area contributed by atoms with Gasteiger partial charge in [0.2, 0.25) is 10.0 Å². The minimum atomic E-state index is -3.80. The van der Waals surface area contributed by atoms with E-state index in [2.05, 4.69) is 38.1 Å². The molecule has 2 aromatic carbocycles. The standard InChI is InChI=1S/C25H25IN2O3S/c1-17-10-12-19(13-11-17)25(2,3)21-15-27(4)24(29)23-20(21)14-22(26)28(23)32(30,31)16-18-8-6-5-7-9-18/h5-15H,16H2,1-4H3. The number of rotatable bonds is 5. The van der Waals surface area contributed by atoms with Gasteiger partial charge in [-0.3, -0.25) is 4.79 Å². The summed E-state index contributed by atoms with van der Waals surface area (Å²) in [5.74, 6) is -0.178. The zero-order valence-electron chi connectivity index (χ0n) is 18.5. The first-order chi connectivity index (χ1) is 15.0. The molecular formula is C25H25IN2O3S. The van der Waals surface area contributed by atoms with Crippen LogP contribution < -0.4 is 5.56 Å². The molecule has 7 heteroatoms. The topological polar surface area (TPSA) is 61.1 Å². The second kappa shape index (κ2) is 8.19. The van der Waals surface area contributed by atoms with E-state index >= 15 is 0 Å². The van der Waals surface area contributed by atoms with Crippen molar-refractivity contribution in [2.75, 3.05) is 0 Å². The number of fused-ring (bicyclic) bond motifs is 1. The third-order valence-corrected chi connectivity index (χ3v) is 8.72. The maximum Gasteiger partial charge on any atom is 0.275 e. The molecule has 0 amide bonds. The number of hydrogen-bond acceptors (Lipinski definition) is 3. The summed E-state index contributed by atoms with van der Waals surface area (Å²) in [4.78, 5) is 13.2. The molecule has 0 atom stereocenters. The Bertz CT molecular complexity index is 1470. The highest BCUT2D eigenvalue weighted by Gasteiger charge is 2.31. The summed E-state index contributed by atoms with van der Waals surface area (Å²) in [6.45, 7) is 6.24. The summed E-state index contributed by atoms with van der Waals surface area (Å²) >= 11 is 2.01. The molecule has 4 rings (SSSR count). The van der Waals surface area contributed by atoms with Crippen LogP contribution in [0.25, 0.3) is 10.9 Å². The van der Waals surface area contributed by atoms with Gasteiger partial charge in [-0.25, -0.2) is 12.4 Å². The van der Waals surface area contributed by atoms with Gasteiger partial charge in [-0.2, -0.15) is 0 Å². The summed E-state index contributed by atoms with van der Waals surface area (Å²) in [5, 5.41) is 0.666. The second-order valence-electron chi connectivity index (χ2n) is 8.69. The van der Waals surface area contributed by atoms with Crippen LogP contribution in [0, 0.1) is 10.6 Å². The fraction of sp³-hybridized carbons (Fsp3) is 0.240. The SMILES string of the molecule is Cc1ccc(C(C)(C)c2cn(C)c(=O)c3c2cc(I)n3S(=O)(=O)Cc2ccccc2)cc1. The molecule has 0 unspecified atom stereocenters. The molecule has 0 aliphatic heterocycles. The van der Waals surface area contributed by atoms with E-state index < -0.39 is 15.4 Å². The third kappa shape index (κ3) is 3.92. The van der Waals surface area contributed by atoms with Gasteiger partial charge in [-0.15, -0.1) is 0 Å². The first-order valence-corrected chi connectivity index (χ1v) is 13.0. The van der Waals surface area contributed by atoms with Crippen LogP contribution in [0.15, 0.2) is 71.7 Å². The number of aromatic nitrogens is 2. The van der Waals surface area contributed by atoms with Crippen molar-refractivity contribution in [3.63, 3.8) is 0 Å². The van der Waals surface area contributed by atoms with Crippen molar-refractivity contribution in [1.29, 1.82) is 0 Å². The molecule has 0 aliphatic carbocycles. The molecule has 0 aliphatic rings. The van der Waals surface area contributed by atoms with E-state index in [1.165, 1.54) is 14.1 Å². The average molecular weight is 560 g/mol. The largest absolute Gasteiger partial charge is 0.316 e. The number of hydrogen-bond donors (Lipinski definition) is 0. The van der Waals surface area contributed by atoms with E-state index in [9.17, 15) is 13.2 Å². The first kappa shape index (κ1) is 22.8. The molecule has 5 nitrogen and oxygen atoms in total. The van der Waals surface area contributed by atoms with Crippen LogP contribution in [-0.2, 0) is 28.2 Å². The van der Waals surface area contributed by atoms with Crippen LogP contribution in [-0.4, -0.2) is 17.0 Å². The quantitative estimate of drug-likeness (QED) is 0.325. The molecule has 0 spiro atoms. The van der Waals surface area contributed by atoms with Gasteiger partial charge < -0.3 is 4.57 Å². The number of aryl methyl sites for hydroxylation is 2. The minimum absolute atomic E-state index is 0.178. The first-order valence-electron chi connectivity index (χ1n) is 10.3. The Balaban J connectivity index is 1.97. The molecule has 32 heavy (non-hydrogen) atoms. The molecule has 0 saturated heterocycles. The summed E-state index contributed by atoms with van der Waals surface area (Å²) in [6, 6.07) is 19.1. The van der Waals surface area contributed by atoms with Crippen molar-refractivity contribution < 1.29 is 8.42 Å². The average Bonchev–Trinajstić information content (AvgIpc) is 3.09. The molecule has 0 saturated carbocycles. The van der Waals surface area contributed by atoms with Gasteiger partial charge in [0, 0.05) is 24.0 Å². The smallest absolute Gasteiger partial charge is 0.275 e. The lowest BCUT2D eigenvalue weighted by Gasteiger charge is -2.27. The van der Waals surface area contributed by atoms with E-state index in [0.717, 1.165) is 11.1 Å². The van der Waals surface area contributed by atoms with Gasteiger partial charge in [0.1, 0.15) is 5.52 Å². The summed E-state index contributed by atoms with van der Waals surface area (Å²) in [6.07, 6.45) is 1.83. The van der Waals surface area contributed by atoms with Gasteiger partial charge >= 0.3 is 0 Å². The second-order valence-corrected chi connectivity index (χ2v) is 11.6. The molecule has 166 valence electrons. The van der Waals surface area contributed by atoms with Crippen LogP contribution in [0.3, 0.4) is 0 Å². The Kier molecular flexibility index (Phi) is 5.83. The Hall–Kier alpha value is -2.39. The maximum absolute atomic E-state index is 13.4. The van der Waals surface area contributed by atoms with Gasteiger partial charge in [-0.1, -0.05) is 74.0 Å². The Labute approximate surface area is 201 Å². The van der Waals surface area contributed by atoms with E-state index in [-0.39, 0.29) is 16.8 Å². The predicted octanol–water partition coefficient (Wildman–Crippen LogP) is 4.96. The summed E-state index contributed by atoms with van der Waals surface area (Å²) < 4.78 is 30.1. The van der Waals surface area contributed by atoms with Crippen LogP contribution in [0.5, 0.6) is 0 Å². The van der Waals surface area contributed by atoms with E-state index in [4.69, 9.17) is 0 Å². The molecule has 0 N–H and O–H groups in total. The van der Waals surface area contributed by atoms with Crippen molar-refractivity contribution in [3.05, 3.63) is 103 Å². The molecule has 2 heterocycles. The van der Waals surface area contributed by atoms with Crippen molar-refractivity contribution in [1.82, 2.24) is 8.54 Å². The lowest BCUT2D eigenvalue weighted by atomic mass is 9.77. The van der Waals surface area contributed by atoms with Crippen LogP contribution in [0.4, 0.5) is 0 Å². The fourth-order valence-electron chi connectivity index (χ4n) is 4.10. The summed E-state index contributed by atoms with van der Waals surface area (Å²) in [7, 11) is -2.13. The zero-order chi connectivity index (χ0) is 23.3. The third-order valence-electron chi connectivity index (χ3n) is 5.97. The molecular weight excluding hydrogens is 535 g/mol. The van der Waals surface area contributed by atoms with Gasteiger partial charge in [0.15, 0.2) is 0 Å². The Morgan fingerprint density at radius 1 is 1.00 bits per heavy atom.